The van der Waals surface area contributed by atoms with Crippen molar-refractivity contribution in [3.8, 4) is 16.9 Å². The summed E-state index contributed by atoms with van der Waals surface area (Å²) >= 11 is 0. The Morgan fingerprint density at radius 2 is 1.78 bits per heavy atom. The number of ketones is 2. The average Bonchev–Trinajstić information content (AvgIpc) is 3.07. The molecule has 1 saturated carbocycles. The summed E-state index contributed by atoms with van der Waals surface area (Å²) < 4.78 is 53.8. The van der Waals surface area contributed by atoms with Gasteiger partial charge in [-0.25, -0.2) is 13.2 Å². The van der Waals surface area contributed by atoms with E-state index in [1.54, 1.807) is 43.4 Å². The second-order valence-electron chi connectivity index (χ2n) is 13.5. The zero-order chi connectivity index (χ0) is 35.0. The smallest absolute Gasteiger partial charge is 0.275 e. The molecule has 3 aromatic rings. The number of nitrogens with zero attached hydrogens (tertiary/aromatic N) is 5. The van der Waals surface area contributed by atoms with Crippen LogP contribution in [0.3, 0.4) is 0 Å². The van der Waals surface area contributed by atoms with Gasteiger partial charge in [-0.3, -0.25) is 29.2 Å². The third-order valence-electron chi connectivity index (χ3n) is 10.3. The van der Waals surface area contributed by atoms with Crippen LogP contribution in [-0.2, 0) is 23.2 Å². The molecule has 1 aromatic carbocycles. The van der Waals surface area contributed by atoms with Crippen LogP contribution in [0.4, 0.5) is 24.5 Å². The number of alkyl halides is 2. The Balaban J connectivity index is 1.05. The molecule has 3 aliphatic rings. The second-order valence-corrected chi connectivity index (χ2v) is 13.5. The number of piperazine rings is 1. The summed E-state index contributed by atoms with van der Waals surface area (Å²) in [5, 5.41) is 3.05. The lowest BCUT2D eigenvalue weighted by Gasteiger charge is -2.46. The molecule has 1 aliphatic carbocycles. The minimum Gasteiger partial charge on any atom is -0.495 e. The van der Waals surface area contributed by atoms with Gasteiger partial charge in [-0.05, 0) is 56.5 Å². The molecule has 2 aliphatic heterocycles. The maximum Gasteiger partial charge on any atom is 0.275 e. The Morgan fingerprint density at radius 1 is 1.02 bits per heavy atom. The number of benzene rings is 1. The molecule has 13 heteroatoms. The maximum absolute atomic E-state index is 15.7. The number of aryl methyl sites for hydroxylation is 1. The molecule has 0 bridgehead atoms. The van der Waals surface area contributed by atoms with Crippen LogP contribution < -0.4 is 20.5 Å². The second kappa shape index (κ2) is 13.9. The lowest BCUT2D eigenvalue weighted by Crippen LogP contribution is -2.61. The fourth-order valence-electron chi connectivity index (χ4n) is 7.33. The molecule has 10 nitrogen and oxygen atoms in total. The lowest BCUT2D eigenvalue weighted by atomic mass is 9.93. The summed E-state index contributed by atoms with van der Waals surface area (Å²) in [7, 11) is 3.23. The van der Waals surface area contributed by atoms with Crippen LogP contribution in [0, 0.1) is 19.7 Å². The number of hydrogen-bond acceptors (Lipinski definition) is 9. The van der Waals surface area contributed by atoms with Crippen LogP contribution in [0.2, 0.25) is 0 Å². The molecule has 2 atom stereocenters. The number of carbonyl (C=O) groups is 2. The number of piperidine rings is 1. The van der Waals surface area contributed by atoms with Gasteiger partial charge >= 0.3 is 0 Å². The number of halogens is 3. The number of hydrogen-bond donors (Lipinski definition) is 1. The predicted molar refractivity (Wildman–Crippen MR) is 181 cm³/mol. The number of rotatable bonds is 8. The van der Waals surface area contributed by atoms with E-state index in [1.807, 2.05) is 22.8 Å². The first-order valence-electron chi connectivity index (χ1n) is 16.7. The van der Waals surface area contributed by atoms with E-state index in [-0.39, 0.29) is 36.5 Å². The van der Waals surface area contributed by atoms with Gasteiger partial charge in [0.25, 0.3) is 11.5 Å². The van der Waals surface area contributed by atoms with Crippen molar-refractivity contribution in [3.63, 3.8) is 0 Å². The Labute approximate surface area is 283 Å². The molecule has 2 saturated heterocycles. The largest absolute Gasteiger partial charge is 0.495 e. The first-order chi connectivity index (χ1) is 23.3. The number of pyridine rings is 2. The van der Waals surface area contributed by atoms with Crippen molar-refractivity contribution in [1.29, 1.82) is 0 Å². The van der Waals surface area contributed by atoms with Gasteiger partial charge in [0.15, 0.2) is 5.78 Å². The van der Waals surface area contributed by atoms with Crippen LogP contribution in [-0.4, -0.2) is 95.3 Å². The number of aromatic nitrogens is 2. The van der Waals surface area contributed by atoms with Gasteiger partial charge < -0.3 is 19.5 Å². The number of methoxy groups -OCH3 is 1. The quantitative estimate of drug-likeness (QED) is 0.349. The highest BCUT2D eigenvalue weighted by molar-refractivity contribution is 6.05. The predicted octanol–water partition coefficient (Wildman–Crippen LogP) is 4.35. The van der Waals surface area contributed by atoms with Crippen molar-refractivity contribution in [2.24, 2.45) is 7.05 Å². The summed E-state index contributed by atoms with van der Waals surface area (Å²) in [4.78, 5) is 46.0. The summed E-state index contributed by atoms with van der Waals surface area (Å²) in [5.41, 5.74) is 4.51. The standard InChI is InChI=1S/C36H43F3N6O4/c1-22-23(2)35(48)42(3)19-27(22)24-15-33(49-4)30(40-18-24)20-43-10-9-34(36(38,39)21-43)45-13-11-44(12-14-45)31-8-5-25(16-28(31)37)41-29-7-6-26(46)17-32(29)47/h5,8,15-16,18-19,29,34,41H,6-7,9-14,17,20-21H2,1-4H3. The van der Waals surface area contributed by atoms with Crippen LogP contribution >= 0.6 is 0 Å². The molecule has 2 unspecified atom stereocenters. The van der Waals surface area contributed by atoms with E-state index in [9.17, 15) is 14.4 Å². The number of ether oxygens (including phenoxy) is 1. The minimum atomic E-state index is -2.96. The van der Waals surface area contributed by atoms with Gasteiger partial charge in [0.05, 0.1) is 43.5 Å². The average molecular weight is 681 g/mol. The van der Waals surface area contributed by atoms with E-state index in [0.717, 1.165) is 16.7 Å². The van der Waals surface area contributed by atoms with Gasteiger partial charge in [0.2, 0.25) is 0 Å². The molecule has 262 valence electrons. The van der Waals surface area contributed by atoms with Crippen molar-refractivity contribution in [2.75, 3.05) is 56.6 Å². The zero-order valence-corrected chi connectivity index (χ0v) is 28.4. The van der Waals surface area contributed by atoms with Crippen molar-refractivity contribution in [1.82, 2.24) is 19.4 Å². The molecule has 0 spiro atoms. The number of Topliss-reactive ketones (excluding diaryl/α,β-unsaturated/α-hetero) is 2. The van der Waals surface area contributed by atoms with Crippen molar-refractivity contribution < 1.29 is 27.5 Å². The summed E-state index contributed by atoms with van der Waals surface area (Å²) in [6.07, 6.45) is 4.37. The molecule has 0 amide bonds. The Kier molecular flexibility index (Phi) is 9.86. The van der Waals surface area contributed by atoms with E-state index < -0.39 is 30.4 Å². The number of anilines is 2. The SMILES string of the molecule is COc1cc(-c2cn(C)c(=O)c(C)c2C)cnc1CN1CCC(N2CCN(c3ccc(NC4CCC(=O)CC4=O)cc3F)CC2)C(F)(F)C1. The van der Waals surface area contributed by atoms with Crippen molar-refractivity contribution in [3.05, 3.63) is 69.7 Å². The molecule has 1 N–H and O–H groups in total. The summed E-state index contributed by atoms with van der Waals surface area (Å²) in [6.45, 7) is 5.52. The number of nitrogens with one attached hydrogen (secondary N) is 1. The van der Waals surface area contributed by atoms with E-state index in [4.69, 9.17) is 4.74 Å². The van der Waals surface area contributed by atoms with Gasteiger partial charge in [-0.1, -0.05) is 0 Å². The number of carbonyl (C=O) groups excluding carboxylic acids is 2. The fourth-order valence-corrected chi connectivity index (χ4v) is 7.33. The van der Waals surface area contributed by atoms with Gasteiger partial charge in [-0.2, -0.15) is 0 Å². The molecular weight excluding hydrogens is 637 g/mol. The van der Waals surface area contributed by atoms with Gasteiger partial charge in [0.1, 0.15) is 17.3 Å². The number of likely N-dealkylation sites (tertiary alicyclic amines) is 1. The highest BCUT2D eigenvalue weighted by Gasteiger charge is 2.48. The zero-order valence-electron chi connectivity index (χ0n) is 28.4. The Bertz CT molecular complexity index is 1810. The minimum absolute atomic E-state index is 0.0625. The molecule has 2 aromatic heterocycles. The molecule has 0 radical (unpaired) electrons. The molecule has 49 heavy (non-hydrogen) atoms. The maximum atomic E-state index is 15.7. The first-order valence-corrected chi connectivity index (χ1v) is 16.7. The van der Waals surface area contributed by atoms with Crippen LogP contribution in [0.5, 0.6) is 5.75 Å². The topological polar surface area (TPSA) is 100 Å². The third-order valence-corrected chi connectivity index (χ3v) is 10.3. The summed E-state index contributed by atoms with van der Waals surface area (Å²) in [6, 6.07) is 5.12. The van der Waals surface area contributed by atoms with Crippen LogP contribution in [0.25, 0.3) is 11.1 Å². The molecule has 3 fully saturated rings. The van der Waals surface area contributed by atoms with E-state index in [1.165, 1.54) is 17.7 Å². The Morgan fingerprint density at radius 3 is 2.45 bits per heavy atom. The Hall–Kier alpha value is -4.23. The van der Waals surface area contributed by atoms with Crippen LogP contribution in [0.15, 0.2) is 41.5 Å². The van der Waals surface area contributed by atoms with Crippen LogP contribution in [0.1, 0.15) is 42.5 Å². The highest BCUT2D eigenvalue weighted by atomic mass is 19.3. The van der Waals surface area contributed by atoms with Crippen molar-refractivity contribution in [2.45, 2.75) is 64.1 Å². The van der Waals surface area contributed by atoms with Gasteiger partial charge in [0, 0.05) is 87.5 Å². The van der Waals surface area contributed by atoms with E-state index in [2.05, 4.69) is 10.3 Å². The fraction of sp³-hybridized carbons (Fsp3) is 0.500. The van der Waals surface area contributed by atoms with E-state index in [0.29, 0.717) is 73.9 Å². The monoisotopic (exact) mass is 680 g/mol. The normalized spacial score (nSPS) is 22.0. The molecule has 4 heterocycles. The highest BCUT2D eigenvalue weighted by Crippen LogP contribution is 2.35. The molecule has 6 rings (SSSR count). The first kappa shape index (κ1) is 34.6. The molecular formula is C36H43F3N6O4. The summed E-state index contributed by atoms with van der Waals surface area (Å²) in [5.74, 6) is -3.17. The third kappa shape index (κ3) is 7.23. The van der Waals surface area contributed by atoms with Gasteiger partial charge in [-0.15, -0.1) is 0 Å². The lowest BCUT2D eigenvalue weighted by molar-refractivity contribution is -0.130. The van der Waals surface area contributed by atoms with E-state index >= 15 is 13.2 Å². The van der Waals surface area contributed by atoms with Crippen molar-refractivity contribution >= 4 is 22.9 Å².